The molecule has 0 saturated heterocycles. The Morgan fingerprint density at radius 3 is 2.12 bits per heavy atom. The topological polar surface area (TPSA) is 12.9 Å². The second-order valence-electron chi connectivity index (χ2n) is 7.67. The van der Waals surface area contributed by atoms with Crippen LogP contribution in [0.5, 0.6) is 0 Å². The number of aromatic nitrogens is 1. The van der Waals surface area contributed by atoms with E-state index in [4.69, 9.17) is 0 Å². The van der Waals surface area contributed by atoms with Crippen molar-refractivity contribution in [2.75, 3.05) is 0 Å². The molecule has 1 heterocycles. The van der Waals surface area contributed by atoms with Crippen molar-refractivity contribution in [3.8, 4) is 11.8 Å². The van der Waals surface area contributed by atoms with Gasteiger partial charge in [0.1, 0.15) is 0 Å². The van der Waals surface area contributed by atoms with Gasteiger partial charge in [0.2, 0.25) is 5.95 Å². The molecule has 2 fully saturated rings. The van der Waals surface area contributed by atoms with Crippen LogP contribution in [0.2, 0.25) is 0 Å². The Hall–Kier alpha value is -1.50. The van der Waals surface area contributed by atoms with E-state index in [0.717, 1.165) is 36.7 Å². The third-order valence-corrected chi connectivity index (χ3v) is 6.20. The number of pyridine rings is 1. The van der Waals surface area contributed by atoms with Crippen molar-refractivity contribution in [3.05, 3.63) is 29.3 Å². The van der Waals surface area contributed by atoms with Gasteiger partial charge in [0, 0.05) is 5.92 Å². The first-order valence-electron chi connectivity index (χ1n) is 9.59. The first-order valence-corrected chi connectivity index (χ1v) is 9.59. The molecule has 4 heteroatoms. The molecule has 0 unspecified atom stereocenters. The van der Waals surface area contributed by atoms with Crippen LogP contribution >= 0.6 is 0 Å². The van der Waals surface area contributed by atoms with E-state index in [1.54, 1.807) is 0 Å². The zero-order valence-corrected chi connectivity index (χ0v) is 14.8. The molecule has 0 radical (unpaired) electrons. The van der Waals surface area contributed by atoms with Gasteiger partial charge in [-0.25, -0.2) is 4.39 Å². The maximum Gasteiger partial charge on any atom is 0.251 e. The fourth-order valence-electron chi connectivity index (χ4n) is 4.52. The van der Waals surface area contributed by atoms with Crippen molar-refractivity contribution in [1.82, 2.24) is 4.98 Å². The normalized spacial score (nSPS) is 29.8. The largest absolute Gasteiger partial charge is 0.251 e. The SMILES string of the molecule is CC[C@H]1CC[C@H]([C@H]2CC[C@H](C#Cc3cc(F)c(F)nc3F)CC2)CC1. The summed E-state index contributed by atoms with van der Waals surface area (Å²) in [4.78, 5) is 2.91. The fraction of sp³-hybridized carbons (Fsp3) is 0.667. The van der Waals surface area contributed by atoms with Crippen LogP contribution < -0.4 is 0 Å². The highest BCUT2D eigenvalue weighted by Crippen LogP contribution is 2.41. The molecule has 2 saturated carbocycles. The maximum absolute atomic E-state index is 13.5. The van der Waals surface area contributed by atoms with Gasteiger partial charge in [-0.15, -0.1) is 0 Å². The summed E-state index contributed by atoms with van der Waals surface area (Å²) >= 11 is 0. The zero-order valence-electron chi connectivity index (χ0n) is 14.8. The summed E-state index contributed by atoms with van der Waals surface area (Å²) < 4.78 is 39.5. The van der Waals surface area contributed by atoms with E-state index in [1.807, 2.05) is 0 Å². The van der Waals surface area contributed by atoms with E-state index < -0.39 is 17.7 Å². The van der Waals surface area contributed by atoms with Gasteiger partial charge in [-0.1, -0.05) is 38.0 Å². The van der Waals surface area contributed by atoms with E-state index in [1.165, 1.54) is 44.9 Å². The molecule has 1 aromatic heterocycles. The Morgan fingerprint density at radius 2 is 1.52 bits per heavy atom. The molecule has 25 heavy (non-hydrogen) atoms. The van der Waals surface area contributed by atoms with Gasteiger partial charge in [0.25, 0.3) is 5.95 Å². The first kappa shape index (κ1) is 18.3. The molecule has 0 aromatic carbocycles. The lowest BCUT2D eigenvalue weighted by atomic mass is 9.69. The fourth-order valence-corrected chi connectivity index (χ4v) is 4.52. The molecule has 136 valence electrons. The summed E-state index contributed by atoms with van der Waals surface area (Å²) in [5, 5.41) is 0. The number of hydrogen-bond donors (Lipinski definition) is 0. The molecular formula is C21H26F3N. The van der Waals surface area contributed by atoms with E-state index in [2.05, 4.69) is 23.7 Å². The molecule has 0 N–H and O–H groups in total. The van der Waals surface area contributed by atoms with Crippen molar-refractivity contribution in [2.45, 2.75) is 64.7 Å². The minimum atomic E-state index is -1.42. The Labute approximate surface area is 148 Å². The smallest absolute Gasteiger partial charge is 0.202 e. The molecule has 0 amide bonds. The summed E-state index contributed by atoms with van der Waals surface area (Å²) in [6.07, 6.45) is 11.2. The van der Waals surface area contributed by atoms with Crippen LogP contribution in [0.1, 0.15) is 70.3 Å². The van der Waals surface area contributed by atoms with Gasteiger partial charge in [-0.2, -0.15) is 13.8 Å². The second-order valence-corrected chi connectivity index (χ2v) is 7.67. The van der Waals surface area contributed by atoms with Gasteiger partial charge >= 0.3 is 0 Å². The molecule has 0 atom stereocenters. The minimum absolute atomic E-state index is 0.154. The van der Waals surface area contributed by atoms with Crippen LogP contribution in [0.4, 0.5) is 13.2 Å². The molecular weight excluding hydrogens is 323 g/mol. The van der Waals surface area contributed by atoms with Crippen LogP contribution in [0.3, 0.4) is 0 Å². The molecule has 2 aliphatic carbocycles. The highest BCUT2D eigenvalue weighted by atomic mass is 19.2. The summed E-state index contributed by atoms with van der Waals surface area (Å²) in [5.74, 6) is 4.92. The summed E-state index contributed by atoms with van der Waals surface area (Å²) in [5.41, 5.74) is -0.154. The standard InChI is InChI=1S/C21H26F3N/c1-2-14-3-8-16(9-4-14)17-10-5-15(6-11-17)7-12-18-13-19(22)21(24)25-20(18)23/h13-17H,2-6,8-11H2,1H3/t14-,15-,16-,17-. The van der Waals surface area contributed by atoms with Gasteiger partial charge in [0.15, 0.2) is 5.82 Å². The second kappa shape index (κ2) is 8.25. The van der Waals surface area contributed by atoms with E-state index in [0.29, 0.717) is 0 Å². The van der Waals surface area contributed by atoms with Gasteiger partial charge in [0.05, 0.1) is 5.56 Å². The number of hydrogen-bond acceptors (Lipinski definition) is 1. The van der Waals surface area contributed by atoms with Crippen molar-refractivity contribution in [2.24, 2.45) is 23.7 Å². The quantitative estimate of drug-likeness (QED) is 0.480. The van der Waals surface area contributed by atoms with Crippen molar-refractivity contribution in [3.63, 3.8) is 0 Å². The Morgan fingerprint density at radius 1 is 0.920 bits per heavy atom. The average Bonchev–Trinajstić information content (AvgIpc) is 2.64. The average molecular weight is 349 g/mol. The third kappa shape index (κ3) is 4.57. The van der Waals surface area contributed by atoms with Crippen molar-refractivity contribution in [1.29, 1.82) is 0 Å². The van der Waals surface area contributed by atoms with E-state index in [-0.39, 0.29) is 11.5 Å². The molecule has 0 bridgehead atoms. The van der Waals surface area contributed by atoms with Crippen LogP contribution in [-0.2, 0) is 0 Å². The molecule has 0 spiro atoms. The van der Waals surface area contributed by atoms with Gasteiger partial charge < -0.3 is 0 Å². The van der Waals surface area contributed by atoms with Crippen LogP contribution in [0.25, 0.3) is 0 Å². The van der Waals surface area contributed by atoms with E-state index in [9.17, 15) is 13.2 Å². The summed E-state index contributed by atoms with van der Waals surface area (Å²) in [7, 11) is 0. The predicted octanol–water partition coefficient (Wildman–Crippen LogP) is 5.87. The molecule has 1 nitrogen and oxygen atoms in total. The van der Waals surface area contributed by atoms with Crippen LogP contribution in [-0.4, -0.2) is 4.98 Å². The van der Waals surface area contributed by atoms with E-state index >= 15 is 0 Å². The van der Waals surface area contributed by atoms with Crippen LogP contribution in [0, 0.1) is 53.2 Å². The predicted molar refractivity (Wildman–Crippen MR) is 92.2 cm³/mol. The number of nitrogens with zero attached hydrogens (tertiary/aromatic N) is 1. The lowest BCUT2D eigenvalue weighted by Gasteiger charge is -2.36. The lowest BCUT2D eigenvalue weighted by molar-refractivity contribution is 0.156. The maximum atomic E-state index is 13.5. The monoisotopic (exact) mass is 349 g/mol. The molecule has 1 aromatic rings. The number of halogens is 3. The van der Waals surface area contributed by atoms with Crippen molar-refractivity contribution < 1.29 is 13.2 Å². The third-order valence-electron chi connectivity index (χ3n) is 6.20. The van der Waals surface area contributed by atoms with Gasteiger partial charge in [-0.05, 0) is 62.3 Å². The summed E-state index contributed by atoms with van der Waals surface area (Å²) in [6, 6.07) is 0.794. The zero-order chi connectivity index (χ0) is 17.8. The minimum Gasteiger partial charge on any atom is -0.202 e. The Kier molecular flexibility index (Phi) is 6.04. The lowest BCUT2D eigenvalue weighted by Crippen LogP contribution is -2.25. The summed E-state index contributed by atoms with van der Waals surface area (Å²) in [6.45, 7) is 2.29. The molecule has 2 aliphatic rings. The Bertz CT molecular complexity index is 645. The van der Waals surface area contributed by atoms with Gasteiger partial charge in [-0.3, -0.25) is 0 Å². The highest BCUT2D eigenvalue weighted by Gasteiger charge is 2.30. The van der Waals surface area contributed by atoms with Crippen molar-refractivity contribution >= 4 is 0 Å². The van der Waals surface area contributed by atoms with Crippen LogP contribution in [0.15, 0.2) is 6.07 Å². The Balaban J connectivity index is 1.53. The molecule has 0 aliphatic heterocycles. The number of rotatable bonds is 2. The first-order chi connectivity index (χ1) is 12.1. The highest BCUT2D eigenvalue weighted by molar-refractivity contribution is 5.33. The molecule has 3 rings (SSSR count).